The van der Waals surface area contributed by atoms with Crippen molar-refractivity contribution in [3.63, 3.8) is 0 Å². The second-order valence-electron chi connectivity index (χ2n) is 5.67. The molecule has 0 aliphatic heterocycles. The van der Waals surface area contributed by atoms with Gasteiger partial charge in [-0.1, -0.05) is 31.5 Å². The Hall–Kier alpha value is -3.08. The monoisotopic (exact) mass is 353 g/mol. The maximum atomic E-state index is 12.0. The van der Waals surface area contributed by atoms with Crippen molar-refractivity contribution in [1.82, 2.24) is 0 Å². The van der Waals surface area contributed by atoms with Crippen LogP contribution in [0.4, 0.5) is 5.69 Å². The summed E-state index contributed by atoms with van der Waals surface area (Å²) in [5.74, 6) is 0.0906. The van der Waals surface area contributed by atoms with E-state index in [2.05, 4.69) is 17.0 Å². The third-order valence-corrected chi connectivity index (χ3v) is 3.63. The van der Waals surface area contributed by atoms with Crippen LogP contribution in [0.25, 0.3) is 6.08 Å². The molecule has 0 saturated heterocycles. The average Bonchev–Trinajstić information content (AvgIpc) is 2.67. The SMILES string of the molecule is CCCCOc1ccc(/C=C/C(=O)Nc2cccc(C(=O)OC)c2)cc1. The number of methoxy groups -OCH3 is 1. The zero-order valence-electron chi connectivity index (χ0n) is 15.0. The number of carbonyl (C=O) groups is 2. The molecule has 1 amide bonds. The van der Waals surface area contributed by atoms with Crippen LogP contribution in [0.15, 0.2) is 54.6 Å². The summed E-state index contributed by atoms with van der Waals surface area (Å²) in [7, 11) is 1.32. The van der Waals surface area contributed by atoms with Crippen molar-refractivity contribution in [2.45, 2.75) is 19.8 Å². The van der Waals surface area contributed by atoms with E-state index >= 15 is 0 Å². The summed E-state index contributed by atoms with van der Waals surface area (Å²) in [5.41, 5.74) is 1.81. The van der Waals surface area contributed by atoms with E-state index in [1.165, 1.54) is 13.2 Å². The molecule has 0 aromatic heterocycles. The number of ether oxygens (including phenoxy) is 2. The summed E-state index contributed by atoms with van der Waals surface area (Å²) in [5, 5.41) is 2.72. The molecule has 5 nitrogen and oxygen atoms in total. The van der Waals surface area contributed by atoms with Crippen LogP contribution in [0.5, 0.6) is 5.75 Å². The summed E-state index contributed by atoms with van der Waals surface area (Å²) in [6, 6.07) is 14.1. The molecule has 0 aliphatic rings. The molecular weight excluding hydrogens is 330 g/mol. The molecule has 1 N–H and O–H groups in total. The minimum Gasteiger partial charge on any atom is -0.494 e. The van der Waals surface area contributed by atoms with Crippen molar-refractivity contribution in [2.75, 3.05) is 19.0 Å². The highest BCUT2D eigenvalue weighted by atomic mass is 16.5. The van der Waals surface area contributed by atoms with Gasteiger partial charge in [-0.2, -0.15) is 0 Å². The molecule has 2 rings (SSSR count). The molecule has 0 atom stereocenters. The van der Waals surface area contributed by atoms with Crippen molar-refractivity contribution < 1.29 is 19.1 Å². The van der Waals surface area contributed by atoms with E-state index < -0.39 is 5.97 Å². The van der Waals surface area contributed by atoms with Gasteiger partial charge < -0.3 is 14.8 Å². The van der Waals surface area contributed by atoms with E-state index in [1.807, 2.05) is 24.3 Å². The third kappa shape index (κ3) is 6.09. The molecule has 0 unspecified atom stereocenters. The smallest absolute Gasteiger partial charge is 0.337 e. The van der Waals surface area contributed by atoms with Crippen molar-refractivity contribution in [2.24, 2.45) is 0 Å². The van der Waals surface area contributed by atoms with Crippen LogP contribution in [-0.4, -0.2) is 25.6 Å². The fourth-order valence-corrected chi connectivity index (χ4v) is 2.21. The minimum atomic E-state index is -0.446. The molecule has 2 aromatic rings. The van der Waals surface area contributed by atoms with Gasteiger partial charge in [0.05, 0.1) is 19.3 Å². The number of anilines is 1. The lowest BCUT2D eigenvalue weighted by atomic mass is 10.2. The topological polar surface area (TPSA) is 64.6 Å². The molecule has 0 radical (unpaired) electrons. The lowest BCUT2D eigenvalue weighted by Crippen LogP contribution is -2.09. The number of hydrogen-bond acceptors (Lipinski definition) is 4. The highest BCUT2D eigenvalue weighted by Gasteiger charge is 2.06. The molecule has 136 valence electrons. The van der Waals surface area contributed by atoms with Gasteiger partial charge in [0.2, 0.25) is 5.91 Å². The summed E-state index contributed by atoms with van der Waals surface area (Å²) in [6.07, 6.45) is 5.28. The molecule has 0 fully saturated rings. The Morgan fingerprint density at radius 1 is 1.12 bits per heavy atom. The molecular formula is C21H23NO4. The molecule has 26 heavy (non-hydrogen) atoms. The third-order valence-electron chi connectivity index (χ3n) is 3.63. The standard InChI is InChI=1S/C21H23NO4/c1-3-4-14-26-19-11-8-16(9-12-19)10-13-20(23)22-18-7-5-6-17(15-18)21(24)25-2/h5-13,15H,3-4,14H2,1-2H3,(H,22,23)/b13-10+. The van der Waals surface area contributed by atoms with Crippen LogP contribution in [0.3, 0.4) is 0 Å². The lowest BCUT2D eigenvalue weighted by molar-refractivity contribution is -0.111. The largest absolute Gasteiger partial charge is 0.494 e. The Morgan fingerprint density at radius 2 is 1.88 bits per heavy atom. The molecule has 0 saturated carbocycles. The first-order valence-corrected chi connectivity index (χ1v) is 8.52. The van der Waals surface area contributed by atoms with Gasteiger partial charge in [-0.25, -0.2) is 4.79 Å². The van der Waals surface area contributed by atoms with E-state index in [0.717, 1.165) is 24.2 Å². The molecule has 2 aromatic carbocycles. The summed E-state index contributed by atoms with van der Waals surface area (Å²) in [4.78, 5) is 23.6. The van der Waals surface area contributed by atoms with E-state index in [1.54, 1.807) is 30.3 Å². The Labute approximate surface area is 153 Å². The molecule has 0 bridgehead atoms. The van der Waals surface area contributed by atoms with E-state index in [4.69, 9.17) is 4.74 Å². The number of rotatable bonds is 8. The Balaban J connectivity index is 1.92. The van der Waals surface area contributed by atoms with Gasteiger partial charge in [0.25, 0.3) is 0 Å². The van der Waals surface area contributed by atoms with E-state index in [0.29, 0.717) is 17.9 Å². The highest BCUT2D eigenvalue weighted by molar-refractivity contribution is 6.02. The van der Waals surface area contributed by atoms with Gasteiger partial charge >= 0.3 is 5.97 Å². The number of carbonyl (C=O) groups excluding carboxylic acids is 2. The zero-order valence-corrected chi connectivity index (χ0v) is 15.0. The van der Waals surface area contributed by atoms with Crippen LogP contribution in [0.1, 0.15) is 35.7 Å². The zero-order chi connectivity index (χ0) is 18.8. The summed E-state index contributed by atoms with van der Waals surface area (Å²) in [6.45, 7) is 2.83. The number of hydrogen-bond donors (Lipinski definition) is 1. The van der Waals surface area contributed by atoms with Crippen LogP contribution in [0, 0.1) is 0 Å². The maximum Gasteiger partial charge on any atom is 0.337 e. The van der Waals surface area contributed by atoms with Crippen molar-refractivity contribution in [3.05, 3.63) is 65.7 Å². The van der Waals surface area contributed by atoms with Gasteiger partial charge in [0.15, 0.2) is 0 Å². The summed E-state index contributed by atoms with van der Waals surface area (Å²) < 4.78 is 10.3. The second-order valence-corrected chi connectivity index (χ2v) is 5.67. The fourth-order valence-electron chi connectivity index (χ4n) is 2.21. The second kappa shape index (κ2) is 10.0. The van der Waals surface area contributed by atoms with Gasteiger partial charge in [0.1, 0.15) is 5.75 Å². The first-order chi connectivity index (χ1) is 12.6. The molecule has 0 spiro atoms. The normalized spacial score (nSPS) is 10.5. The number of unbranched alkanes of at least 4 members (excludes halogenated alkanes) is 1. The van der Waals surface area contributed by atoms with Crippen LogP contribution in [0.2, 0.25) is 0 Å². The van der Waals surface area contributed by atoms with Gasteiger partial charge in [0, 0.05) is 11.8 Å². The predicted octanol–water partition coefficient (Wildman–Crippen LogP) is 4.30. The number of nitrogens with one attached hydrogen (secondary N) is 1. The lowest BCUT2D eigenvalue weighted by Gasteiger charge is -2.05. The minimum absolute atomic E-state index is 0.282. The van der Waals surface area contributed by atoms with Crippen LogP contribution >= 0.6 is 0 Å². The Bertz CT molecular complexity index is 766. The van der Waals surface area contributed by atoms with Crippen LogP contribution in [-0.2, 0) is 9.53 Å². The number of esters is 1. The molecule has 5 heteroatoms. The van der Waals surface area contributed by atoms with E-state index in [-0.39, 0.29) is 5.91 Å². The Morgan fingerprint density at radius 3 is 2.58 bits per heavy atom. The fraction of sp³-hybridized carbons (Fsp3) is 0.238. The number of benzene rings is 2. The van der Waals surface area contributed by atoms with Gasteiger partial charge in [-0.05, 0) is 48.4 Å². The molecule has 0 aliphatic carbocycles. The van der Waals surface area contributed by atoms with Crippen molar-refractivity contribution >= 4 is 23.6 Å². The van der Waals surface area contributed by atoms with Crippen molar-refractivity contribution in [3.8, 4) is 5.75 Å². The predicted molar refractivity (Wildman–Crippen MR) is 102 cm³/mol. The molecule has 0 heterocycles. The summed E-state index contributed by atoms with van der Waals surface area (Å²) >= 11 is 0. The quantitative estimate of drug-likeness (QED) is 0.436. The first-order valence-electron chi connectivity index (χ1n) is 8.52. The van der Waals surface area contributed by atoms with Crippen LogP contribution < -0.4 is 10.1 Å². The van der Waals surface area contributed by atoms with Gasteiger partial charge in [-0.15, -0.1) is 0 Å². The Kier molecular flexibility index (Phi) is 7.43. The van der Waals surface area contributed by atoms with E-state index in [9.17, 15) is 9.59 Å². The number of amides is 1. The maximum absolute atomic E-state index is 12.0. The highest BCUT2D eigenvalue weighted by Crippen LogP contribution is 2.14. The van der Waals surface area contributed by atoms with Gasteiger partial charge in [-0.3, -0.25) is 4.79 Å². The van der Waals surface area contributed by atoms with Crippen molar-refractivity contribution in [1.29, 1.82) is 0 Å². The average molecular weight is 353 g/mol. The first kappa shape index (κ1) is 19.2.